The Labute approximate surface area is 167 Å². The average Bonchev–Trinajstić information content (AvgIpc) is 2.67. The summed E-state index contributed by atoms with van der Waals surface area (Å²) in [6.07, 6.45) is 8.29. The molecule has 0 saturated heterocycles. The van der Waals surface area contributed by atoms with Gasteiger partial charge < -0.3 is 4.74 Å². The second-order valence-corrected chi connectivity index (χ2v) is 7.63. The zero-order valence-corrected chi connectivity index (χ0v) is 17.1. The van der Waals surface area contributed by atoms with E-state index in [2.05, 4.69) is 66.8 Å². The van der Waals surface area contributed by atoms with E-state index in [1.165, 1.54) is 41.5 Å². The van der Waals surface area contributed by atoms with Crippen LogP contribution < -0.4 is 9.64 Å². The highest BCUT2D eigenvalue weighted by molar-refractivity contribution is 5.86. The number of unbranched alkanes of at least 4 members (excludes halogenated alkanes) is 2. The molecular formula is C24H27N3O. The van der Waals surface area contributed by atoms with E-state index in [0.29, 0.717) is 5.88 Å². The molecule has 0 spiro atoms. The maximum atomic E-state index is 6.04. The third-order valence-corrected chi connectivity index (χ3v) is 5.26. The molecule has 0 saturated carbocycles. The maximum absolute atomic E-state index is 6.04. The van der Waals surface area contributed by atoms with Crippen molar-refractivity contribution in [3.8, 4) is 11.6 Å². The lowest BCUT2D eigenvalue weighted by Gasteiger charge is -2.33. The Morgan fingerprint density at radius 1 is 0.929 bits per heavy atom. The van der Waals surface area contributed by atoms with E-state index in [4.69, 9.17) is 4.74 Å². The largest absolute Gasteiger partial charge is 0.434 e. The van der Waals surface area contributed by atoms with Gasteiger partial charge in [0.15, 0.2) is 5.75 Å². The monoisotopic (exact) mass is 373 g/mol. The summed E-state index contributed by atoms with van der Waals surface area (Å²) in [5, 5.41) is 0. The van der Waals surface area contributed by atoms with Crippen molar-refractivity contribution in [1.29, 1.82) is 0 Å². The van der Waals surface area contributed by atoms with Gasteiger partial charge in [0.1, 0.15) is 0 Å². The van der Waals surface area contributed by atoms with Crippen LogP contribution in [0.2, 0.25) is 0 Å². The Kier molecular flexibility index (Phi) is 5.03. The van der Waals surface area contributed by atoms with Crippen LogP contribution in [-0.4, -0.2) is 9.97 Å². The van der Waals surface area contributed by atoms with Gasteiger partial charge >= 0.3 is 0 Å². The number of hydrogen-bond donors (Lipinski definition) is 0. The number of aromatic nitrogens is 2. The number of benzene rings is 2. The third kappa shape index (κ3) is 3.35. The van der Waals surface area contributed by atoms with Gasteiger partial charge in [0.25, 0.3) is 5.88 Å². The topological polar surface area (TPSA) is 38.2 Å². The third-order valence-electron chi connectivity index (χ3n) is 5.26. The van der Waals surface area contributed by atoms with Gasteiger partial charge in [-0.1, -0.05) is 38.0 Å². The molecule has 2 aromatic carbocycles. The number of aryl methyl sites for hydroxylation is 4. The Morgan fingerprint density at radius 3 is 2.43 bits per heavy atom. The predicted octanol–water partition coefficient (Wildman–Crippen LogP) is 6.71. The molecule has 0 bridgehead atoms. The molecular weight excluding hydrogens is 346 g/mol. The number of ether oxygens (including phenoxy) is 1. The molecule has 1 aromatic heterocycles. The van der Waals surface area contributed by atoms with Gasteiger partial charge in [0.2, 0.25) is 5.82 Å². The summed E-state index contributed by atoms with van der Waals surface area (Å²) < 4.78 is 6.04. The van der Waals surface area contributed by atoms with Crippen molar-refractivity contribution in [2.75, 3.05) is 4.90 Å². The van der Waals surface area contributed by atoms with E-state index >= 15 is 0 Å². The van der Waals surface area contributed by atoms with E-state index in [1.807, 2.05) is 6.07 Å². The second-order valence-electron chi connectivity index (χ2n) is 7.63. The van der Waals surface area contributed by atoms with E-state index in [-0.39, 0.29) is 0 Å². The minimum Gasteiger partial charge on any atom is -0.434 e. The molecule has 1 aliphatic heterocycles. The van der Waals surface area contributed by atoms with Crippen LogP contribution in [0.25, 0.3) is 0 Å². The first-order chi connectivity index (χ1) is 13.6. The van der Waals surface area contributed by atoms with Gasteiger partial charge in [-0.3, -0.25) is 4.90 Å². The number of nitrogens with zero attached hydrogens (tertiary/aromatic N) is 3. The number of anilines is 3. The smallest absolute Gasteiger partial charge is 0.263 e. The van der Waals surface area contributed by atoms with E-state index < -0.39 is 0 Å². The summed E-state index contributed by atoms with van der Waals surface area (Å²) >= 11 is 0. The summed E-state index contributed by atoms with van der Waals surface area (Å²) in [6.45, 7) is 8.72. The van der Waals surface area contributed by atoms with Crippen LogP contribution in [0.1, 0.15) is 48.4 Å². The Balaban J connectivity index is 1.84. The number of hydrogen-bond acceptors (Lipinski definition) is 4. The molecule has 4 rings (SSSR count). The minimum absolute atomic E-state index is 0.546. The van der Waals surface area contributed by atoms with E-state index in [0.717, 1.165) is 29.4 Å². The van der Waals surface area contributed by atoms with Crippen molar-refractivity contribution in [2.45, 2.75) is 53.4 Å². The molecule has 3 aromatic rings. The summed E-state index contributed by atoms with van der Waals surface area (Å²) in [5.74, 6) is 2.10. The first-order valence-corrected chi connectivity index (χ1v) is 10.1. The maximum Gasteiger partial charge on any atom is 0.263 e. The standard InChI is InChI=1S/C24H27N3O/c1-5-6-7-8-19-14-17(3)22(18(4)15-19)27-20-13-16(2)9-10-21(20)28-24-23(27)25-11-12-26-24/h9-15H,5-8H2,1-4H3. The van der Waals surface area contributed by atoms with E-state index in [1.54, 1.807) is 12.4 Å². The first kappa shape index (κ1) is 18.5. The zero-order valence-electron chi connectivity index (χ0n) is 17.1. The minimum atomic E-state index is 0.546. The average molecular weight is 374 g/mol. The molecule has 0 atom stereocenters. The van der Waals surface area contributed by atoms with Crippen LogP contribution in [0.3, 0.4) is 0 Å². The number of rotatable bonds is 5. The molecule has 0 fully saturated rings. The molecule has 0 radical (unpaired) electrons. The molecule has 0 amide bonds. The first-order valence-electron chi connectivity index (χ1n) is 10.1. The highest BCUT2D eigenvalue weighted by atomic mass is 16.5. The predicted molar refractivity (Wildman–Crippen MR) is 114 cm³/mol. The van der Waals surface area contributed by atoms with Crippen LogP contribution in [0, 0.1) is 20.8 Å². The van der Waals surface area contributed by atoms with Crippen LogP contribution in [0.4, 0.5) is 17.2 Å². The fourth-order valence-electron chi connectivity index (χ4n) is 4.00. The van der Waals surface area contributed by atoms with Gasteiger partial charge in [0, 0.05) is 12.4 Å². The molecule has 144 valence electrons. The van der Waals surface area contributed by atoms with Crippen LogP contribution in [0.5, 0.6) is 11.6 Å². The summed E-state index contributed by atoms with van der Waals surface area (Å²) in [4.78, 5) is 11.2. The van der Waals surface area contributed by atoms with Crippen molar-refractivity contribution in [3.05, 3.63) is 65.0 Å². The SMILES string of the molecule is CCCCCc1cc(C)c(N2c3cc(C)ccc3Oc3nccnc32)c(C)c1. The van der Waals surface area contributed by atoms with Gasteiger partial charge in [0.05, 0.1) is 11.4 Å². The molecule has 0 unspecified atom stereocenters. The van der Waals surface area contributed by atoms with Crippen molar-refractivity contribution in [2.24, 2.45) is 0 Å². The lowest BCUT2D eigenvalue weighted by Crippen LogP contribution is -2.20. The second kappa shape index (κ2) is 7.63. The van der Waals surface area contributed by atoms with Gasteiger partial charge in [-0.15, -0.1) is 0 Å². The number of fused-ring (bicyclic) bond motifs is 2. The van der Waals surface area contributed by atoms with Gasteiger partial charge in [-0.2, -0.15) is 0 Å². The zero-order chi connectivity index (χ0) is 19.7. The van der Waals surface area contributed by atoms with Crippen LogP contribution in [-0.2, 0) is 6.42 Å². The molecule has 4 heteroatoms. The Bertz CT molecular complexity index is 989. The van der Waals surface area contributed by atoms with Crippen molar-refractivity contribution in [3.63, 3.8) is 0 Å². The molecule has 28 heavy (non-hydrogen) atoms. The quantitative estimate of drug-likeness (QED) is 0.364. The molecule has 2 heterocycles. The summed E-state index contributed by atoms with van der Waals surface area (Å²) in [7, 11) is 0. The fourth-order valence-corrected chi connectivity index (χ4v) is 4.00. The van der Waals surface area contributed by atoms with E-state index in [9.17, 15) is 0 Å². The molecule has 1 aliphatic rings. The van der Waals surface area contributed by atoms with Crippen molar-refractivity contribution in [1.82, 2.24) is 9.97 Å². The van der Waals surface area contributed by atoms with Crippen LogP contribution in [0.15, 0.2) is 42.7 Å². The lowest BCUT2D eigenvalue weighted by molar-refractivity contribution is 0.454. The molecule has 4 nitrogen and oxygen atoms in total. The Hall–Kier alpha value is -2.88. The normalized spacial score (nSPS) is 12.4. The van der Waals surface area contributed by atoms with Gasteiger partial charge in [-0.05, 0) is 68.0 Å². The van der Waals surface area contributed by atoms with Crippen molar-refractivity contribution >= 4 is 17.2 Å². The molecule has 0 N–H and O–H groups in total. The lowest BCUT2D eigenvalue weighted by atomic mass is 9.98. The Morgan fingerprint density at radius 2 is 1.68 bits per heavy atom. The fraction of sp³-hybridized carbons (Fsp3) is 0.333. The summed E-state index contributed by atoms with van der Waals surface area (Å²) in [5.41, 5.74) is 7.26. The highest BCUT2D eigenvalue weighted by Crippen LogP contribution is 2.50. The molecule has 0 aliphatic carbocycles. The van der Waals surface area contributed by atoms with Crippen LogP contribution >= 0.6 is 0 Å². The summed E-state index contributed by atoms with van der Waals surface area (Å²) in [6, 6.07) is 10.9. The van der Waals surface area contributed by atoms with Crippen molar-refractivity contribution < 1.29 is 4.74 Å². The highest BCUT2D eigenvalue weighted by Gasteiger charge is 2.30. The van der Waals surface area contributed by atoms with Gasteiger partial charge in [-0.25, -0.2) is 9.97 Å².